The van der Waals surface area contributed by atoms with Crippen molar-refractivity contribution in [3.8, 4) is 0 Å². The lowest BCUT2D eigenvalue weighted by Crippen LogP contribution is -2.36. The van der Waals surface area contributed by atoms with E-state index >= 15 is 0 Å². The molecule has 3 heterocycles. The number of carbonyl (C=O) groups is 1. The zero-order valence-corrected chi connectivity index (χ0v) is 13.3. The number of sulfone groups is 1. The molecule has 1 amide bonds. The van der Waals surface area contributed by atoms with Crippen LogP contribution in [-0.4, -0.2) is 54.8 Å². The number of likely N-dealkylation sites (tertiary alicyclic amines) is 1. The Hall–Kier alpha value is -1.63. The van der Waals surface area contributed by atoms with E-state index in [2.05, 4.69) is 10.3 Å². The van der Waals surface area contributed by atoms with Gasteiger partial charge in [0.15, 0.2) is 9.84 Å². The number of nitrogens with one attached hydrogen (secondary N) is 1. The van der Waals surface area contributed by atoms with Crippen LogP contribution in [0.2, 0.25) is 0 Å². The van der Waals surface area contributed by atoms with E-state index in [1.807, 2.05) is 4.90 Å². The Morgan fingerprint density at radius 1 is 1.23 bits per heavy atom. The molecule has 0 bridgehead atoms. The highest BCUT2D eigenvalue weighted by Crippen LogP contribution is 2.18. The van der Waals surface area contributed by atoms with Gasteiger partial charge in [-0.15, -0.1) is 0 Å². The molecule has 0 saturated carbocycles. The van der Waals surface area contributed by atoms with Crippen LogP contribution < -0.4 is 5.32 Å². The predicted octanol–water partition coefficient (Wildman–Crippen LogP) is 1.31. The maximum atomic E-state index is 12.3. The van der Waals surface area contributed by atoms with Crippen molar-refractivity contribution in [2.75, 3.05) is 29.9 Å². The summed E-state index contributed by atoms with van der Waals surface area (Å²) in [4.78, 5) is 18.4. The van der Waals surface area contributed by atoms with Gasteiger partial charge in [-0.3, -0.25) is 4.79 Å². The van der Waals surface area contributed by atoms with E-state index in [4.69, 9.17) is 0 Å². The molecule has 1 N–H and O–H groups in total. The molecular weight excluding hydrogens is 302 g/mol. The number of nitrogens with zero attached hydrogens (tertiary/aromatic N) is 2. The standard InChI is InChI=1S/C15H21N3O3S/c19-15(18-7-2-1-3-8-18)14-5-4-12(10-16-14)17-13-6-9-22(20,21)11-13/h4-5,10,13,17H,1-3,6-9,11H2. The number of rotatable bonds is 3. The molecule has 1 atom stereocenters. The van der Waals surface area contributed by atoms with Gasteiger partial charge in [0.25, 0.3) is 5.91 Å². The van der Waals surface area contributed by atoms with Crippen LogP contribution in [0.1, 0.15) is 36.2 Å². The quantitative estimate of drug-likeness (QED) is 0.907. The van der Waals surface area contributed by atoms with E-state index in [-0.39, 0.29) is 23.5 Å². The number of aromatic nitrogens is 1. The fourth-order valence-corrected chi connectivity index (χ4v) is 4.68. The maximum absolute atomic E-state index is 12.3. The number of hydrogen-bond donors (Lipinski definition) is 1. The van der Waals surface area contributed by atoms with E-state index in [0.717, 1.165) is 31.6 Å². The molecule has 2 fully saturated rings. The van der Waals surface area contributed by atoms with Crippen molar-refractivity contribution in [2.24, 2.45) is 0 Å². The molecule has 120 valence electrons. The van der Waals surface area contributed by atoms with Crippen LogP contribution in [0.25, 0.3) is 0 Å². The average Bonchev–Trinajstić information content (AvgIpc) is 2.87. The first-order valence-electron chi connectivity index (χ1n) is 7.76. The van der Waals surface area contributed by atoms with Crippen LogP contribution in [0.3, 0.4) is 0 Å². The van der Waals surface area contributed by atoms with Crippen molar-refractivity contribution in [1.82, 2.24) is 9.88 Å². The highest BCUT2D eigenvalue weighted by atomic mass is 32.2. The van der Waals surface area contributed by atoms with Crippen molar-refractivity contribution in [2.45, 2.75) is 31.7 Å². The third kappa shape index (κ3) is 3.58. The van der Waals surface area contributed by atoms with Gasteiger partial charge in [0, 0.05) is 19.1 Å². The Balaban J connectivity index is 1.61. The van der Waals surface area contributed by atoms with Gasteiger partial charge in [-0.1, -0.05) is 0 Å². The third-order valence-corrected chi connectivity index (χ3v) is 6.00. The van der Waals surface area contributed by atoms with E-state index < -0.39 is 9.84 Å². The van der Waals surface area contributed by atoms with Crippen LogP contribution in [0.5, 0.6) is 0 Å². The Labute approximate surface area is 130 Å². The lowest BCUT2D eigenvalue weighted by molar-refractivity contribution is 0.0718. The summed E-state index contributed by atoms with van der Waals surface area (Å²) in [7, 11) is -2.90. The summed E-state index contributed by atoms with van der Waals surface area (Å²) in [5.74, 6) is 0.389. The first-order chi connectivity index (χ1) is 10.5. The summed E-state index contributed by atoms with van der Waals surface area (Å²) < 4.78 is 22.9. The van der Waals surface area contributed by atoms with Gasteiger partial charge in [-0.2, -0.15) is 0 Å². The highest BCUT2D eigenvalue weighted by molar-refractivity contribution is 7.91. The van der Waals surface area contributed by atoms with Crippen LogP contribution in [-0.2, 0) is 9.84 Å². The van der Waals surface area contributed by atoms with Gasteiger partial charge in [0.05, 0.1) is 23.4 Å². The SMILES string of the molecule is O=C(c1ccc(NC2CCS(=O)(=O)C2)cn1)N1CCCCC1. The zero-order valence-electron chi connectivity index (χ0n) is 12.5. The molecule has 7 heteroatoms. The van der Waals surface area contributed by atoms with Gasteiger partial charge in [-0.25, -0.2) is 13.4 Å². The van der Waals surface area contributed by atoms with Gasteiger partial charge in [0.2, 0.25) is 0 Å². The van der Waals surface area contributed by atoms with Crippen molar-refractivity contribution >= 4 is 21.4 Å². The summed E-state index contributed by atoms with van der Waals surface area (Å²) in [5.41, 5.74) is 1.21. The topological polar surface area (TPSA) is 79.4 Å². The van der Waals surface area contributed by atoms with Crippen LogP contribution in [0.15, 0.2) is 18.3 Å². The molecule has 2 aliphatic heterocycles. The second-order valence-electron chi connectivity index (χ2n) is 6.03. The fourth-order valence-electron chi connectivity index (χ4n) is 3.01. The normalized spacial score (nSPS) is 24.2. The summed E-state index contributed by atoms with van der Waals surface area (Å²) in [5, 5.41) is 3.18. The number of piperidine rings is 1. The molecule has 1 aromatic rings. The number of amides is 1. The van der Waals surface area contributed by atoms with Crippen LogP contribution in [0.4, 0.5) is 5.69 Å². The Morgan fingerprint density at radius 3 is 2.59 bits per heavy atom. The predicted molar refractivity (Wildman–Crippen MR) is 84.7 cm³/mol. The monoisotopic (exact) mass is 323 g/mol. The number of carbonyl (C=O) groups excluding carboxylic acids is 1. The minimum Gasteiger partial charge on any atom is -0.380 e. The van der Waals surface area contributed by atoms with Crippen molar-refractivity contribution in [3.63, 3.8) is 0 Å². The van der Waals surface area contributed by atoms with Crippen LogP contribution >= 0.6 is 0 Å². The molecule has 1 aromatic heterocycles. The Kier molecular flexibility index (Phi) is 4.33. The molecule has 0 spiro atoms. The average molecular weight is 323 g/mol. The first-order valence-corrected chi connectivity index (χ1v) is 9.58. The lowest BCUT2D eigenvalue weighted by atomic mass is 10.1. The molecule has 0 aliphatic carbocycles. The summed E-state index contributed by atoms with van der Waals surface area (Å²) in [6.45, 7) is 1.61. The number of hydrogen-bond acceptors (Lipinski definition) is 5. The van der Waals surface area contributed by atoms with Crippen molar-refractivity contribution in [3.05, 3.63) is 24.0 Å². The molecule has 2 aliphatic rings. The molecule has 2 saturated heterocycles. The first kappa shape index (κ1) is 15.3. The van der Waals surface area contributed by atoms with E-state index in [1.165, 1.54) is 6.42 Å². The molecule has 0 aromatic carbocycles. The Morgan fingerprint density at radius 2 is 2.00 bits per heavy atom. The fraction of sp³-hybridized carbons (Fsp3) is 0.600. The van der Waals surface area contributed by atoms with Crippen molar-refractivity contribution < 1.29 is 13.2 Å². The van der Waals surface area contributed by atoms with Gasteiger partial charge in [-0.05, 0) is 37.8 Å². The Bertz CT molecular complexity index is 637. The summed E-state index contributed by atoms with van der Waals surface area (Å²) >= 11 is 0. The van der Waals surface area contributed by atoms with Crippen molar-refractivity contribution in [1.29, 1.82) is 0 Å². The largest absolute Gasteiger partial charge is 0.380 e. The molecule has 22 heavy (non-hydrogen) atoms. The number of anilines is 1. The second-order valence-corrected chi connectivity index (χ2v) is 8.26. The second kappa shape index (κ2) is 6.24. The highest BCUT2D eigenvalue weighted by Gasteiger charge is 2.27. The van der Waals surface area contributed by atoms with E-state index in [1.54, 1.807) is 18.3 Å². The molecular formula is C15H21N3O3S. The van der Waals surface area contributed by atoms with E-state index in [9.17, 15) is 13.2 Å². The summed E-state index contributed by atoms with van der Waals surface area (Å²) in [6.07, 6.45) is 5.53. The number of pyridine rings is 1. The lowest BCUT2D eigenvalue weighted by Gasteiger charge is -2.26. The van der Waals surface area contributed by atoms with Gasteiger partial charge in [0.1, 0.15) is 5.69 Å². The molecule has 3 rings (SSSR count). The zero-order chi connectivity index (χ0) is 15.6. The minimum absolute atomic E-state index is 0.0188. The van der Waals surface area contributed by atoms with Crippen LogP contribution in [0, 0.1) is 0 Å². The molecule has 1 unspecified atom stereocenters. The van der Waals surface area contributed by atoms with Gasteiger partial charge >= 0.3 is 0 Å². The molecule has 0 radical (unpaired) electrons. The maximum Gasteiger partial charge on any atom is 0.272 e. The van der Waals surface area contributed by atoms with E-state index in [0.29, 0.717) is 12.1 Å². The smallest absolute Gasteiger partial charge is 0.272 e. The third-order valence-electron chi connectivity index (χ3n) is 4.23. The molecule has 6 nitrogen and oxygen atoms in total. The summed E-state index contributed by atoms with van der Waals surface area (Å²) in [6, 6.07) is 3.45. The van der Waals surface area contributed by atoms with Gasteiger partial charge < -0.3 is 10.2 Å². The minimum atomic E-state index is -2.90.